The highest BCUT2D eigenvalue weighted by Crippen LogP contribution is 2.28. The van der Waals surface area contributed by atoms with E-state index in [0.717, 1.165) is 16.5 Å². The van der Waals surface area contributed by atoms with Crippen LogP contribution in [-0.4, -0.2) is 59.9 Å². The molecule has 0 saturated heterocycles. The molecule has 2 amide bonds. The van der Waals surface area contributed by atoms with Crippen molar-refractivity contribution >= 4 is 40.4 Å². The number of benzene rings is 2. The van der Waals surface area contributed by atoms with Crippen LogP contribution in [0.4, 0.5) is 5.69 Å². The van der Waals surface area contributed by atoms with Crippen molar-refractivity contribution in [2.45, 2.75) is 32.9 Å². The molecule has 0 bridgehead atoms. The predicted octanol–water partition coefficient (Wildman–Crippen LogP) is 5.45. The third kappa shape index (κ3) is 7.23. The van der Waals surface area contributed by atoms with Gasteiger partial charge in [-0.1, -0.05) is 23.7 Å². The number of hydrogen-bond donors (Lipinski definition) is 0. The lowest BCUT2D eigenvalue weighted by atomic mass is 10.1. The van der Waals surface area contributed by atoms with Crippen LogP contribution in [0.2, 0.25) is 5.02 Å². The fraction of sp³-hybridized carbons (Fsp3) is 0.333. The number of methoxy groups -OCH3 is 2. The molecule has 9 nitrogen and oxygen atoms in total. The van der Waals surface area contributed by atoms with E-state index >= 15 is 0 Å². The maximum Gasteiger partial charge on any atom is 0.270 e. The monoisotopic (exact) mass is 559 g/mol. The molecule has 0 spiro atoms. The molecule has 0 saturated carbocycles. The summed E-state index contributed by atoms with van der Waals surface area (Å²) >= 11 is 7.76. The molecule has 3 aromatic rings. The number of non-ortho nitro benzene ring substituents is 1. The molecule has 0 N–H and O–H groups in total. The first-order valence-corrected chi connectivity index (χ1v) is 13.2. The molecular weight excluding hydrogens is 530 g/mol. The zero-order valence-corrected chi connectivity index (χ0v) is 23.3. The van der Waals surface area contributed by atoms with Crippen LogP contribution in [0, 0.1) is 10.1 Å². The molecule has 0 unspecified atom stereocenters. The normalized spacial score (nSPS) is 10.8. The molecule has 202 valence electrons. The van der Waals surface area contributed by atoms with Crippen LogP contribution >= 0.6 is 22.9 Å². The van der Waals surface area contributed by atoms with Crippen molar-refractivity contribution in [2.75, 3.05) is 27.3 Å². The second-order valence-corrected chi connectivity index (χ2v) is 10.2. The van der Waals surface area contributed by atoms with Gasteiger partial charge in [-0.25, -0.2) is 0 Å². The topological polar surface area (TPSA) is 102 Å². The van der Waals surface area contributed by atoms with Crippen molar-refractivity contribution in [3.05, 3.63) is 85.1 Å². The summed E-state index contributed by atoms with van der Waals surface area (Å²) in [6, 6.07) is 12.9. The predicted molar refractivity (Wildman–Crippen MR) is 147 cm³/mol. The summed E-state index contributed by atoms with van der Waals surface area (Å²) in [6.07, 6.45) is 0.571. The van der Waals surface area contributed by atoms with Gasteiger partial charge in [0.15, 0.2) is 11.5 Å². The standard InChI is InChI=1S/C27H30ClN3O6S/c1-18(2)30(27(33)22-9-8-20(31(34)35)15-23(22)28)17-26(32)29(16-21-6-5-13-38-21)12-11-19-7-10-24(36-3)25(14-19)37-4/h5-10,13-15,18H,11-12,16-17H2,1-4H3. The van der Waals surface area contributed by atoms with Crippen molar-refractivity contribution in [1.29, 1.82) is 0 Å². The Bertz CT molecular complexity index is 1280. The van der Waals surface area contributed by atoms with E-state index in [1.54, 1.807) is 44.3 Å². The average Bonchev–Trinajstić information content (AvgIpc) is 3.41. The highest BCUT2D eigenvalue weighted by molar-refractivity contribution is 7.09. The molecular formula is C27H30ClN3O6S. The van der Waals surface area contributed by atoms with Crippen LogP contribution in [0.25, 0.3) is 0 Å². The highest BCUT2D eigenvalue weighted by Gasteiger charge is 2.27. The van der Waals surface area contributed by atoms with E-state index in [1.807, 2.05) is 35.7 Å². The average molecular weight is 560 g/mol. The fourth-order valence-corrected chi connectivity index (χ4v) is 4.84. The maximum absolute atomic E-state index is 13.6. The number of nitrogens with zero attached hydrogens (tertiary/aromatic N) is 3. The number of halogens is 1. The van der Waals surface area contributed by atoms with Gasteiger partial charge in [0.25, 0.3) is 11.6 Å². The number of amides is 2. The fourth-order valence-electron chi connectivity index (χ4n) is 3.86. The van der Waals surface area contributed by atoms with E-state index in [-0.39, 0.29) is 34.8 Å². The molecule has 11 heteroatoms. The first-order chi connectivity index (χ1) is 18.1. The number of ether oxygens (including phenoxy) is 2. The van der Waals surface area contributed by atoms with Crippen molar-refractivity contribution in [3.8, 4) is 11.5 Å². The SMILES string of the molecule is COc1ccc(CCN(Cc2cccs2)C(=O)CN(C(=O)c2ccc([N+](=O)[O-])cc2Cl)C(C)C)cc1OC. The van der Waals surface area contributed by atoms with Gasteiger partial charge in [-0.3, -0.25) is 19.7 Å². The lowest BCUT2D eigenvalue weighted by molar-refractivity contribution is -0.384. The summed E-state index contributed by atoms with van der Waals surface area (Å²) in [5.41, 5.74) is 0.867. The van der Waals surface area contributed by atoms with Crippen LogP contribution in [0.1, 0.15) is 34.6 Å². The first kappa shape index (κ1) is 28.9. The molecule has 2 aromatic carbocycles. The smallest absolute Gasteiger partial charge is 0.270 e. The van der Waals surface area contributed by atoms with Crippen LogP contribution in [-0.2, 0) is 17.8 Å². The lowest BCUT2D eigenvalue weighted by Crippen LogP contribution is -2.46. The number of carbonyl (C=O) groups is 2. The minimum atomic E-state index is -0.579. The Morgan fingerprint density at radius 1 is 1.08 bits per heavy atom. The molecule has 0 aliphatic heterocycles. The van der Waals surface area contributed by atoms with Gasteiger partial charge in [0.2, 0.25) is 5.91 Å². The molecule has 0 fully saturated rings. The number of rotatable bonds is 12. The van der Waals surface area contributed by atoms with Gasteiger partial charge in [0, 0.05) is 29.6 Å². The molecule has 1 heterocycles. The van der Waals surface area contributed by atoms with E-state index in [2.05, 4.69) is 0 Å². The third-order valence-electron chi connectivity index (χ3n) is 5.98. The first-order valence-electron chi connectivity index (χ1n) is 11.9. The summed E-state index contributed by atoms with van der Waals surface area (Å²) in [6.45, 7) is 4.27. The minimum absolute atomic E-state index is 0.0359. The number of carbonyl (C=O) groups excluding carboxylic acids is 2. The Morgan fingerprint density at radius 2 is 1.82 bits per heavy atom. The Balaban J connectivity index is 1.80. The highest BCUT2D eigenvalue weighted by atomic mass is 35.5. The second kappa shape index (κ2) is 13.3. The van der Waals surface area contributed by atoms with Crippen LogP contribution < -0.4 is 9.47 Å². The molecule has 3 rings (SSSR count). The number of hydrogen-bond acceptors (Lipinski definition) is 7. The lowest BCUT2D eigenvalue weighted by Gasteiger charge is -2.30. The van der Waals surface area contributed by atoms with Crippen LogP contribution in [0.15, 0.2) is 53.9 Å². The summed E-state index contributed by atoms with van der Waals surface area (Å²) in [7, 11) is 3.15. The Labute approximate surface area is 230 Å². The van der Waals surface area contributed by atoms with Crippen LogP contribution in [0.3, 0.4) is 0 Å². The molecule has 38 heavy (non-hydrogen) atoms. The Morgan fingerprint density at radius 3 is 2.39 bits per heavy atom. The van der Waals surface area contributed by atoms with Crippen LogP contribution in [0.5, 0.6) is 11.5 Å². The van der Waals surface area contributed by atoms with Gasteiger partial charge in [0.1, 0.15) is 6.54 Å². The summed E-state index contributed by atoms with van der Waals surface area (Å²) in [5.74, 6) is 0.541. The molecule has 0 aliphatic rings. The molecule has 0 atom stereocenters. The van der Waals surface area contributed by atoms with Crippen molar-refractivity contribution in [2.24, 2.45) is 0 Å². The zero-order chi connectivity index (χ0) is 27.8. The van der Waals surface area contributed by atoms with Gasteiger partial charge in [0.05, 0.1) is 36.3 Å². The third-order valence-corrected chi connectivity index (χ3v) is 7.16. The van der Waals surface area contributed by atoms with Crippen molar-refractivity contribution in [1.82, 2.24) is 9.80 Å². The summed E-state index contributed by atoms with van der Waals surface area (Å²) in [4.78, 5) is 41.6. The molecule has 1 aromatic heterocycles. The van der Waals surface area contributed by atoms with Crippen molar-refractivity contribution in [3.63, 3.8) is 0 Å². The summed E-state index contributed by atoms with van der Waals surface area (Å²) < 4.78 is 10.7. The molecule has 0 aliphatic carbocycles. The van der Waals surface area contributed by atoms with E-state index in [1.165, 1.54) is 17.0 Å². The molecule has 0 radical (unpaired) electrons. The van der Waals surface area contributed by atoms with E-state index in [4.69, 9.17) is 21.1 Å². The zero-order valence-electron chi connectivity index (χ0n) is 21.7. The minimum Gasteiger partial charge on any atom is -0.493 e. The Hall–Kier alpha value is -3.63. The largest absolute Gasteiger partial charge is 0.493 e. The quantitative estimate of drug-likeness (QED) is 0.216. The van der Waals surface area contributed by atoms with Gasteiger partial charge < -0.3 is 19.3 Å². The maximum atomic E-state index is 13.6. The van der Waals surface area contributed by atoms with E-state index < -0.39 is 10.8 Å². The van der Waals surface area contributed by atoms with Crippen molar-refractivity contribution < 1.29 is 24.0 Å². The summed E-state index contributed by atoms with van der Waals surface area (Å²) in [5, 5.41) is 13.0. The number of thiophene rings is 1. The number of nitro groups is 1. The second-order valence-electron chi connectivity index (χ2n) is 8.78. The number of nitro benzene ring substituents is 1. The van der Waals surface area contributed by atoms with Gasteiger partial charge in [-0.2, -0.15) is 0 Å². The van der Waals surface area contributed by atoms with E-state index in [0.29, 0.717) is 31.0 Å². The van der Waals surface area contributed by atoms with Gasteiger partial charge in [-0.15, -0.1) is 11.3 Å². The van der Waals surface area contributed by atoms with E-state index in [9.17, 15) is 19.7 Å². The van der Waals surface area contributed by atoms with Gasteiger partial charge in [-0.05, 0) is 55.5 Å². The Kier molecular flexibility index (Phi) is 10.1. The van der Waals surface area contributed by atoms with Gasteiger partial charge >= 0.3 is 0 Å².